The molecular weight excluding hydrogens is 732 g/mol. The summed E-state index contributed by atoms with van der Waals surface area (Å²) in [6.07, 6.45) is -1.52. The molecule has 2 aliphatic heterocycles. The molecule has 2 fully saturated rings. The van der Waals surface area contributed by atoms with E-state index in [-0.39, 0.29) is 18.8 Å². The zero-order chi connectivity index (χ0) is 42.6. The number of aliphatic carboxylic acids is 1. The Kier molecular flexibility index (Phi) is 14.3. The summed E-state index contributed by atoms with van der Waals surface area (Å²) in [6.45, 7) is 16.8. The van der Waals surface area contributed by atoms with Crippen molar-refractivity contribution in [3.05, 3.63) is 71.8 Å². The Labute approximate surface area is 335 Å². The van der Waals surface area contributed by atoms with E-state index in [1.54, 1.807) is 93.5 Å². The maximum atomic E-state index is 14.6. The molecule has 0 unspecified atom stereocenters. The van der Waals surface area contributed by atoms with Crippen molar-refractivity contribution in [2.24, 2.45) is 17.6 Å². The lowest BCUT2D eigenvalue weighted by molar-refractivity contribution is -0.157. The molecule has 2 aromatic rings. The second kappa shape index (κ2) is 18.2. The molecule has 4 rings (SSSR count). The molecule has 312 valence electrons. The Hall–Kier alpha value is -4.86. The Morgan fingerprint density at radius 3 is 1.47 bits per heavy atom. The maximum absolute atomic E-state index is 14.6. The lowest BCUT2D eigenvalue weighted by Gasteiger charge is -2.37. The highest BCUT2D eigenvalue weighted by Crippen LogP contribution is 2.35. The monoisotopic (exact) mass is 792 g/mol. The van der Waals surface area contributed by atoms with Crippen LogP contribution in [0.25, 0.3) is 0 Å². The van der Waals surface area contributed by atoms with Gasteiger partial charge in [0.2, 0.25) is 29.5 Å². The molecule has 15 nitrogen and oxygen atoms in total. The first-order valence-electron chi connectivity index (χ1n) is 19.6. The number of benzene rings is 2. The Morgan fingerprint density at radius 1 is 0.667 bits per heavy atom. The van der Waals surface area contributed by atoms with E-state index in [4.69, 9.17) is 15.2 Å². The van der Waals surface area contributed by atoms with Crippen molar-refractivity contribution < 1.29 is 43.3 Å². The van der Waals surface area contributed by atoms with E-state index in [0.717, 1.165) is 10.5 Å². The van der Waals surface area contributed by atoms with E-state index in [1.807, 2.05) is 36.4 Å². The summed E-state index contributed by atoms with van der Waals surface area (Å²) in [4.78, 5) is 85.7. The van der Waals surface area contributed by atoms with Gasteiger partial charge >= 0.3 is 5.97 Å². The molecule has 0 saturated carbocycles. The molecule has 8 atom stereocenters. The van der Waals surface area contributed by atoms with Crippen LogP contribution in [0.2, 0.25) is 0 Å². The lowest BCUT2D eigenvalue weighted by Crippen LogP contribution is -2.64. The van der Waals surface area contributed by atoms with Gasteiger partial charge < -0.3 is 36.3 Å². The van der Waals surface area contributed by atoms with Gasteiger partial charge in [-0.1, -0.05) is 88.4 Å². The van der Waals surface area contributed by atoms with Crippen LogP contribution in [0, 0.1) is 11.8 Å². The maximum Gasteiger partial charge on any atom is 0.329 e. The number of nitrogens with two attached hydrogens (primary N) is 1. The summed E-state index contributed by atoms with van der Waals surface area (Å²) >= 11 is 0. The van der Waals surface area contributed by atoms with Crippen LogP contribution < -0.4 is 21.7 Å². The third-order valence-corrected chi connectivity index (χ3v) is 10.6. The molecule has 2 aliphatic rings. The predicted molar refractivity (Wildman–Crippen MR) is 212 cm³/mol. The number of carboxylic acid groups (broad SMARTS) is 1. The number of hydrogen-bond donors (Lipinski definition) is 5. The minimum atomic E-state index is -1.31. The average molecular weight is 793 g/mol. The summed E-state index contributed by atoms with van der Waals surface area (Å²) < 4.78 is 12.1. The fourth-order valence-corrected chi connectivity index (χ4v) is 7.73. The molecule has 15 heteroatoms. The van der Waals surface area contributed by atoms with Crippen LogP contribution in [-0.4, -0.2) is 110 Å². The first-order chi connectivity index (χ1) is 26.6. The van der Waals surface area contributed by atoms with E-state index in [1.165, 1.54) is 4.90 Å². The third kappa shape index (κ3) is 10.4. The van der Waals surface area contributed by atoms with Gasteiger partial charge in [0, 0.05) is 12.8 Å². The van der Waals surface area contributed by atoms with Crippen molar-refractivity contribution in [3.63, 3.8) is 0 Å². The molecule has 0 spiro atoms. The zero-order valence-corrected chi connectivity index (χ0v) is 34.6. The van der Waals surface area contributed by atoms with Crippen LogP contribution in [-0.2, 0) is 51.1 Å². The van der Waals surface area contributed by atoms with Gasteiger partial charge in [-0.2, -0.15) is 0 Å². The highest BCUT2D eigenvalue weighted by molar-refractivity contribution is 5.97. The molecule has 0 aromatic heterocycles. The standard InChI is InChI=1S/C42H60N6O9/c1-23(2)31(43)35(49)44-29(21-27-17-13-11-14-18-27)38(52)47-33(25(5)56-41(47,7)8)37(51)46-32(24(3)4)36(50)45-30(22-28-19-15-12-16-20-28)39(53)48-34(40(54)55)26(6)57-42(48,9)10/h11-20,23-26,29-34H,21-22,43H2,1-10H3,(H,44,49)(H,45,50)(H,46,51)(H,54,55)/t25-,26-,29-,30-,31-,32-,33-,34-/m0/s1. The van der Waals surface area contributed by atoms with Crippen LogP contribution >= 0.6 is 0 Å². The molecule has 57 heavy (non-hydrogen) atoms. The second-order valence-electron chi connectivity index (χ2n) is 16.7. The van der Waals surface area contributed by atoms with Gasteiger partial charge in [0.15, 0.2) is 6.04 Å². The van der Waals surface area contributed by atoms with E-state index in [9.17, 15) is 33.9 Å². The zero-order valence-electron chi connectivity index (χ0n) is 34.6. The molecule has 6 N–H and O–H groups in total. The number of nitrogens with zero attached hydrogens (tertiary/aromatic N) is 2. The Balaban J connectivity index is 1.64. The van der Waals surface area contributed by atoms with Crippen LogP contribution in [0.5, 0.6) is 0 Å². The van der Waals surface area contributed by atoms with Crippen LogP contribution in [0.3, 0.4) is 0 Å². The molecule has 5 amide bonds. The number of ether oxygens (including phenoxy) is 2. The Bertz CT molecular complexity index is 1770. The third-order valence-electron chi connectivity index (χ3n) is 10.6. The van der Waals surface area contributed by atoms with Crippen molar-refractivity contribution in [3.8, 4) is 0 Å². The average Bonchev–Trinajstić information content (AvgIpc) is 3.53. The van der Waals surface area contributed by atoms with Crippen molar-refractivity contribution >= 4 is 35.5 Å². The number of hydrogen-bond acceptors (Lipinski definition) is 9. The molecule has 2 saturated heterocycles. The molecule has 2 heterocycles. The summed E-state index contributed by atoms with van der Waals surface area (Å²) in [7, 11) is 0. The van der Waals surface area contributed by atoms with Gasteiger partial charge in [-0.25, -0.2) is 4.79 Å². The van der Waals surface area contributed by atoms with Crippen molar-refractivity contribution in [2.75, 3.05) is 0 Å². The fraction of sp³-hybridized carbons (Fsp3) is 0.571. The molecular formula is C42H60N6O9. The first kappa shape index (κ1) is 44.8. The molecule has 0 radical (unpaired) electrons. The van der Waals surface area contributed by atoms with Gasteiger partial charge in [-0.15, -0.1) is 0 Å². The van der Waals surface area contributed by atoms with Crippen molar-refractivity contribution in [1.29, 1.82) is 0 Å². The van der Waals surface area contributed by atoms with Gasteiger partial charge in [0.25, 0.3) is 0 Å². The van der Waals surface area contributed by atoms with E-state index < -0.39 is 101 Å². The second-order valence-corrected chi connectivity index (χ2v) is 16.7. The van der Waals surface area contributed by atoms with Gasteiger partial charge in [0.05, 0.1) is 18.2 Å². The summed E-state index contributed by atoms with van der Waals surface area (Å²) in [6, 6.07) is 11.1. The number of nitrogens with one attached hydrogen (secondary N) is 3. The summed E-state index contributed by atoms with van der Waals surface area (Å²) in [5.41, 5.74) is 5.04. The Morgan fingerprint density at radius 2 is 1.07 bits per heavy atom. The van der Waals surface area contributed by atoms with E-state index >= 15 is 0 Å². The van der Waals surface area contributed by atoms with E-state index in [0.29, 0.717) is 5.56 Å². The normalized spacial score (nSPS) is 23.4. The van der Waals surface area contributed by atoms with Crippen molar-refractivity contribution in [1.82, 2.24) is 25.8 Å². The minimum Gasteiger partial charge on any atom is -0.480 e. The molecule has 2 aromatic carbocycles. The lowest BCUT2D eigenvalue weighted by atomic mass is 9.98. The van der Waals surface area contributed by atoms with Crippen LogP contribution in [0.4, 0.5) is 0 Å². The fourth-order valence-electron chi connectivity index (χ4n) is 7.73. The van der Waals surface area contributed by atoms with Gasteiger partial charge in [-0.05, 0) is 64.5 Å². The number of carboxylic acids is 1. The summed E-state index contributed by atoms with van der Waals surface area (Å²) in [5.74, 6) is -5.09. The number of rotatable bonds is 15. The highest BCUT2D eigenvalue weighted by Gasteiger charge is 2.55. The van der Waals surface area contributed by atoms with E-state index in [2.05, 4.69) is 16.0 Å². The highest BCUT2D eigenvalue weighted by atomic mass is 16.6. The predicted octanol–water partition coefficient (Wildman–Crippen LogP) is 2.35. The van der Waals surface area contributed by atoms with Crippen LogP contribution in [0.1, 0.15) is 80.4 Å². The molecule has 0 bridgehead atoms. The SMILES string of the molecule is CC(C)[C@H](N)C(=O)N[C@@H](Cc1ccccc1)C(=O)N1[C@H](C(=O)N[C@H](C(=O)N[C@@H](Cc2ccccc2)C(=O)N2[C@H](C(=O)O)[C@H](C)OC2(C)C)C(C)C)[C@H](C)OC1(C)C. The first-order valence-corrected chi connectivity index (χ1v) is 19.6. The van der Waals surface area contributed by atoms with Gasteiger partial charge in [-0.3, -0.25) is 33.8 Å². The quantitative estimate of drug-likeness (QED) is 0.178. The number of carbonyl (C=O) groups is 6. The van der Waals surface area contributed by atoms with Crippen LogP contribution in [0.15, 0.2) is 60.7 Å². The largest absolute Gasteiger partial charge is 0.480 e. The smallest absolute Gasteiger partial charge is 0.329 e. The number of amides is 5. The molecule has 0 aliphatic carbocycles. The summed E-state index contributed by atoms with van der Waals surface area (Å²) in [5, 5.41) is 18.6. The van der Waals surface area contributed by atoms with Crippen molar-refractivity contribution in [2.45, 2.75) is 142 Å². The minimum absolute atomic E-state index is 0.0242. The topological polar surface area (TPSA) is 210 Å². The number of carbonyl (C=O) groups excluding carboxylic acids is 5. The van der Waals surface area contributed by atoms with Gasteiger partial charge in [0.1, 0.15) is 35.6 Å².